The SMILES string of the molecule is COc1cc(OC)c([C@H]2C(C#N)=C(N)OC3=C2C(=O)C[C@H](c2ccccc2)C3)cc1OC. The molecule has 4 rings (SSSR count). The van der Waals surface area contributed by atoms with Crippen molar-refractivity contribution in [3.8, 4) is 23.3 Å². The number of nitrogens with two attached hydrogens (primary N) is 1. The lowest BCUT2D eigenvalue weighted by Crippen LogP contribution is -2.30. The molecule has 2 atom stereocenters. The van der Waals surface area contributed by atoms with Crippen molar-refractivity contribution in [3.63, 3.8) is 0 Å². The molecule has 0 amide bonds. The molecule has 0 bridgehead atoms. The Morgan fingerprint density at radius 2 is 1.66 bits per heavy atom. The maximum absolute atomic E-state index is 13.4. The minimum Gasteiger partial charge on any atom is -0.496 e. The summed E-state index contributed by atoms with van der Waals surface area (Å²) in [7, 11) is 4.57. The standard InChI is InChI=1S/C25H24N2O5/c1-29-19-12-21(31-3)20(30-2)11-16(19)23-17(13-26)25(27)32-22-10-15(9-18(28)24(22)23)14-7-5-4-6-8-14/h4-8,11-12,15,23H,9-10,27H2,1-3H3/t15-,23-/m0/s1. The highest BCUT2D eigenvalue weighted by atomic mass is 16.5. The summed E-state index contributed by atoms with van der Waals surface area (Å²) in [5.41, 5.74) is 8.42. The average molecular weight is 432 g/mol. The van der Waals surface area contributed by atoms with E-state index in [1.54, 1.807) is 12.1 Å². The van der Waals surface area contributed by atoms with Crippen molar-refractivity contribution in [1.82, 2.24) is 0 Å². The number of carbonyl (C=O) groups is 1. The van der Waals surface area contributed by atoms with Gasteiger partial charge in [0.15, 0.2) is 17.3 Å². The zero-order valence-electron chi connectivity index (χ0n) is 18.2. The number of ketones is 1. The van der Waals surface area contributed by atoms with Gasteiger partial charge in [0, 0.05) is 30.0 Å². The van der Waals surface area contributed by atoms with Crippen LogP contribution in [0, 0.1) is 11.3 Å². The minimum absolute atomic E-state index is 0.00500. The van der Waals surface area contributed by atoms with E-state index in [1.807, 2.05) is 30.3 Å². The molecule has 2 aromatic rings. The highest BCUT2D eigenvalue weighted by Gasteiger charge is 2.42. The van der Waals surface area contributed by atoms with Crippen LogP contribution < -0.4 is 19.9 Å². The smallest absolute Gasteiger partial charge is 0.205 e. The van der Waals surface area contributed by atoms with Crippen molar-refractivity contribution in [1.29, 1.82) is 5.26 Å². The van der Waals surface area contributed by atoms with Gasteiger partial charge in [-0.05, 0) is 17.5 Å². The fourth-order valence-corrected chi connectivity index (χ4v) is 4.46. The largest absolute Gasteiger partial charge is 0.496 e. The summed E-state index contributed by atoms with van der Waals surface area (Å²) in [6, 6.07) is 15.4. The van der Waals surface area contributed by atoms with Gasteiger partial charge in [0.25, 0.3) is 0 Å². The van der Waals surface area contributed by atoms with E-state index in [0.29, 0.717) is 47.0 Å². The van der Waals surface area contributed by atoms with Crippen LogP contribution in [-0.4, -0.2) is 27.1 Å². The Kier molecular flexibility index (Phi) is 5.78. The van der Waals surface area contributed by atoms with Gasteiger partial charge < -0.3 is 24.7 Å². The molecule has 0 radical (unpaired) electrons. The Labute approximate surface area is 186 Å². The van der Waals surface area contributed by atoms with Gasteiger partial charge in [0.05, 0.1) is 27.2 Å². The molecule has 2 N–H and O–H groups in total. The van der Waals surface area contributed by atoms with Crippen LogP contribution in [-0.2, 0) is 9.53 Å². The number of benzene rings is 2. The number of hydrogen-bond donors (Lipinski definition) is 1. The Bertz CT molecular complexity index is 1160. The van der Waals surface area contributed by atoms with Gasteiger partial charge >= 0.3 is 0 Å². The van der Waals surface area contributed by atoms with E-state index in [-0.39, 0.29) is 23.2 Å². The number of rotatable bonds is 5. The molecule has 0 saturated heterocycles. The first kappa shape index (κ1) is 21.3. The third kappa shape index (κ3) is 3.54. The van der Waals surface area contributed by atoms with Gasteiger partial charge in [-0.3, -0.25) is 4.79 Å². The summed E-state index contributed by atoms with van der Waals surface area (Å²) in [5.74, 6) is 1.06. The molecule has 1 aliphatic carbocycles. The summed E-state index contributed by atoms with van der Waals surface area (Å²) in [6.45, 7) is 0. The lowest BCUT2D eigenvalue weighted by molar-refractivity contribution is -0.117. The Morgan fingerprint density at radius 1 is 1.00 bits per heavy atom. The summed E-state index contributed by atoms with van der Waals surface area (Å²) >= 11 is 0. The van der Waals surface area contributed by atoms with Crippen LogP contribution in [0.3, 0.4) is 0 Å². The summed E-state index contributed by atoms with van der Waals surface area (Å²) in [5, 5.41) is 9.89. The highest BCUT2D eigenvalue weighted by Crippen LogP contribution is 2.50. The van der Waals surface area contributed by atoms with E-state index >= 15 is 0 Å². The average Bonchev–Trinajstić information content (AvgIpc) is 2.82. The van der Waals surface area contributed by atoms with Crippen molar-refractivity contribution in [2.75, 3.05) is 21.3 Å². The monoisotopic (exact) mass is 432 g/mol. The van der Waals surface area contributed by atoms with Gasteiger partial charge in [-0.1, -0.05) is 30.3 Å². The van der Waals surface area contributed by atoms with Gasteiger partial charge in [-0.25, -0.2) is 0 Å². The van der Waals surface area contributed by atoms with E-state index in [1.165, 1.54) is 21.3 Å². The van der Waals surface area contributed by atoms with Crippen LogP contribution in [0.25, 0.3) is 0 Å². The van der Waals surface area contributed by atoms with Crippen LogP contribution in [0.5, 0.6) is 17.2 Å². The number of ether oxygens (including phenoxy) is 4. The minimum atomic E-state index is -0.720. The van der Waals surface area contributed by atoms with Gasteiger partial charge in [0.1, 0.15) is 23.2 Å². The normalized spacial score (nSPS) is 20.2. The second-order valence-corrected chi connectivity index (χ2v) is 7.65. The van der Waals surface area contributed by atoms with Crippen LogP contribution in [0.15, 0.2) is 65.3 Å². The summed E-state index contributed by atoms with van der Waals surface area (Å²) in [4.78, 5) is 13.4. The molecule has 164 valence electrons. The lowest BCUT2D eigenvalue weighted by Gasteiger charge is -2.34. The molecule has 0 unspecified atom stereocenters. The molecule has 32 heavy (non-hydrogen) atoms. The van der Waals surface area contributed by atoms with Crippen molar-refractivity contribution < 1.29 is 23.7 Å². The number of carbonyl (C=O) groups excluding carboxylic acids is 1. The van der Waals surface area contributed by atoms with Crippen LogP contribution in [0.2, 0.25) is 0 Å². The molecule has 7 heteroatoms. The number of allylic oxidation sites excluding steroid dienone is 3. The molecule has 1 aliphatic heterocycles. The maximum atomic E-state index is 13.4. The molecule has 0 saturated carbocycles. The lowest BCUT2D eigenvalue weighted by atomic mass is 9.73. The molecular weight excluding hydrogens is 408 g/mol. The molecule has 0 fully saturated rings. The third-order valence-corrected chi connectivity index (χ3v) is 5.98. The molecule has 0 aromatic heterocycles. The van der Waals surface area contributed by atoms with Crippen molar-refractivity contribution in [2.24, 2.45) is 5.73 Å². The van der Waals surface area contributed by atoms with E-state index in [9.17, 15) is 10.1 Å². The fraction of sp³-hybridized carbons (Fsp3) is 0.280. The predicted octanol–water partition coefficient (Wildman–Crippen LogP) is 3.92. The quantitative estimate of drug-likeness (QED) is 0.764. The van der Waals surface area contributed by atoms with Crippen molar-refractivity contribution >= 4 is 5.78 Å². The van der Waals surface area contributed by atoms with Gasteiger partial charge in [-0.2, -0.15) is 5.26 Å². The summed E-state index contributed by atoms with van der Waals surface area (Å²) < 4.78 is 22.3. The first-order valence-electron chi connectivity index (χ1n) is 10.2. The number of nitrogens with zero attached hydrogens (tertiary/aromatic N) is 1. The Hall–Kier alpha value is -3.92. The van der Waals surface area contributed by atoms with E-state index in [0.717, 1.165) is 5.56 Å². The molecule has 1 heterocycles. The van der Waals surface area contributed by atoms with Gasteiger partial charge in [-0.15, -0.1) is 0 Å². The maximum Gasteiger partial charge on any atom is 0.205 e. The second kappa shape index (κ2) is 8.67. The van der Waals surface area contributed by atoms with E-state index in [2.05, 4.69) is 6.07 Å². The fourth-order valence-electron chi connectivity index (χ4n) is 4.46. The topological polar surface area (TPSA) is 104 Å². The Morgan fingerprint density at radius 3 is 2.28 bits per heavy atom. The molecular formula is C25H24N2O5. The summed E-state index contributed by atoms with van der Waals surface area (Å²) in [6.07, 6.45) is 0.827. The number of methoxy groups -OCH3 is 3. The van der Waals surface area contributed by atoms with E-state index in [4.69, 9.17) is 24.7 Å². The molecule has 2 aliphatic rings. The second-order valence-electron chi connectivity index (χ2n) is 7.65. The molecule has 0 spiro atoms. The van der Waals surface area contributed by atoms with Crippen LogP contribution in [0.1, 0.15) is 35.8 Å². The first-order chi connectivity index (χ1) is 15.5. The first-order valence-corrected chi connectivity index (χ1v) is 10.2. The highest BCUT2D eigenvalue weighted by molar-refractivity contribution is 6.00. The van der Waals surface area contributed by atoms with Crippen molar-refractivity contribution in [2.45, 2.75) is 24.7 Å². The van der Waals surface area contributed by atoms with Crippen molar-refractivity contribution in [3.05, 3.63) is 76.4 Å². The van der Waals surface area contributed by atoms with Crippen LogP contribution in [0.4, 0.5) is 0 Å². The molecule has 2 aromatic carbocycles. The number of hydrogen-bond acceptors (Lipinski definition) is 7. The zero-order chi connectivity index (χ0) is 22.8. The number of nitriles is 1. The zero-order valence-corrected chi connectivity index (χ0v) is 18.2. The number of Topliss-reactive ketones (excluding diaryl/α,β-unsaturated/α-hetero) is 1. The Balaban J connectivity index is 1.87. The molecule has 7 nitrogen and oxygen atoms in total. The predicted molar refractivity (Wildman–Crippen MR) is 117 cm³/mol. The van der Waals surface area contributed by atoms with E-state index < -0.39 is 5.92 Å². The van der Waals surface area contributed by atoms with Gasteiger partial charge in [0.2, 0.25) is 5.88 Å². The van der Waals surface area contributed by atoms with Crippen LogP contribution >= 0.6 is 0 Å². The third-order valence-electron chi connectivity index (χ3n) is 5.98.